The second kappa shape index (κ2) is 2.98. The Morgan fingerprint density at radius 3 is 3.08 bits per heavy atom. The van der Waals surface area contributed by atoms with Gasteiger partial charge in [0.05, 0.1) is 11.8 Å². The van der Waals surface area contributed by atoms with Crippen molar-refractivity contribution in [1.82, 2.24) is 9.59 Å². The molecule has 2 heterocycles. The molecule has 0 saturated carbocycles. The molecule has 1 N–H and O–H groups in total. The lowest BCUT2D eigenvalue weighted by molar-refractivity contribution is 0.0663. The van der Waals surface area contributed by atoms with Gasteiger partial charge in [0.2, 0.25) is 5.76 Å². The highest BCUT2D eigenvalue weighted by Gasteiger charge is 2.16. The van der Waals surface area contributed by atoms with E-state index in [1.807, 2.05) is 0 Å². The Kier molecular flexibility index (Phi) is 1.82. The number of aromatic nitrogens is 2. The molecule has 0 amide bonds. The van der Waals surface area contributed by atoms with Crippen LogP contribution in [0.15, 0.2) is 22.1 Å². The van der Waals surface area contributed by atoms with Crippen LogP contribution in [0.2, 0.25) is 0 Å². The van der Waals surface area contributed by atoms with Gasteiger partial charge in [0, 0.05) is 5.38 Å². The number of hydrogen-bond acceptors (Lipinski definition) is 5. The molecule has 0 atom stereocenters. The molecule has 0 aromatic carbocycles. The number of rotatable bonds is 2. The van der Waals surface area contributed by atoms with E-state index < -0.39 is 5.97 Å². The van der Waals surface area contributed by atoms with Gasteiger partial charge in [-0.2, -0.15) is 0 Å². The van der Waals surface area contributed by atoms with Crippen molar-refractivity contribution in [3.8, 4) is 11.3 Å². The number of carbonyl (C=O) groups is 1. The zero-order chi connectivity index (χ0) is 9.26. The van der Waals surface area contributed by atoms with Crippen LogP contribution in [0.5, 0.6) is 0 Å². The van der Waals surface area contributed by atoms with E-state index in [9.17, 15) is 4.79 Å². The van der Waals surface area contributed by atoms with Gasteiger partial charge in [0.1, 0.15) is 5.69 Å². The van der Waals surface area contributed by atoms with Gasteiger partial charge in [-0.3, -0.25) is 0 Å². The molecule has 2 aromatic rings. The predicted molar refractivity (Wildman–Crippen MR) is 44.6 cm³/mol. The largest absolute Gasteiger partial charge is 0.475 e. The van der Waals surface area contributed by atoms with E-state index in [1.165, 1.54) is 6.26 Å². The van der Waals surface area contributed by atoms with Gasteiger partial charge in [0.15, 0.2) is 0 Å². The summed E-state index contributed by atoms with van der Waals surface area (Å²) in [5, 5.41) is 14.1. The third kappa shape index (κ3) is 1.31. The lowest BCUT2D eigenvalue weighted by Gasteiger charge is -1.90. The van der Waals surface area contributed by atoms with E-state index in [0.29, 0.717) is 11.3 Å². The highest BCUT2D eigenvalue weighted by Crippen LogP contribution is 2.23. The maximum absolute atomic E-state index is 10.6. The third-order valence-corrected chi connectivity index (χ3v) is 2.00. The first-order valence-corrected chi connectivity index (χ1v) is 4.21. The van der Waals surface area contributed by atoms with Crippen LogP contribution in [0.3, 0.4) is 0 Å². The molecule has 0 unspecified atom stereocenters. The van der Waals surface area contributed by atoms with Crippen LogP contribution in [-0.2, 0) is 0 Å². The maximum Gasteiger partial charge on any atom is 0.372 e. The molecular weight excluding hydrogens is 192 g/mol. The summed E-state index contributed by atoms with van der Waals surface area (Å²) in [5.74, 6) is -1.21. The summed E-state index contributed by atoms with van der Waals surface area (Å²) in [6.45, 7) is 0. The highest BCUT2D eigenvalue weighted by molar-refractivity contribution is 7.03. The molecule has 13 heavy (non-hydrogen) atoms. The van der Waals surface area contributed by atoms with E-state index in [1.54, 1.807) is 11.4 Å². The topological polar surface area (TPSA) is 76.2 Å². The molecule has 0 saturated heterocycles. The van der Waals surface area contributed by atoms with Gasteiger partial charge >= 0.3 is 5.97 Å². The SMILES string of the molecule is O=C(O)c1occc1-c1csnn1. The van der Waals surface area contributed by atoms with Crippen molar-refractivity contribution < 1.29 is 14.3 Å². The zero-order valence-corrected chi connectivity index (χ0v) is 7.11. The average Bonchev–Trinajstić information content (AvgIpc) is 2.74. The Bertz CT molecular complexity index is 421. The van der Waals surface area contributed by atoms with Crippen LogP contribution in [0, 0.1) is 0 Å². The smallest absolute Gasteiger partial charge is 0.372 e. The van der Waals surface area contributed by atoms with E-state index >= 15 is 0 Å². The van der Waals surface area contributed by atoms with Crippen molar-refractivity contribution >= 4 is 17.5 Å². The molecule has 0 aliphatic heterocycles. The molecule has 0 bridgehead atoms. The first-order valence-electron chi connectivity index (χ1n) is 3.37. The standard InChI is InChI=1S/C7H4N2O3S/c10-7(11)6-4(1-2-12-6)5-3-13-9-8-5/h1-3H,(H,10,11). The molecule has 5 nitrogen and oxygen atoms in total. The average molecular weight is 196 g/mol. The van der Waals surface area contributed by atoms with Crippen LogP contribution >= 0.6 is 11.5 Å². The Morgan fingerprint density at radius 2 is 2.46 bits per heavy atom. The summed E-state index contributed by atoms with van der Waals surface area (Å²) in [4.78, 5) is 10.6. The van der Waals surface area contributed by atoms with Crippen LogP contribution in [-0.4, -0.2) is 20.7 Å². The number of carboxylic acids is 1. The Morgan fingerprint density at radius 1 is 1.62 bits per heavy atom. The molecule has 66 valence electrons. The highest BCUT2D eigenvalue weighted by atomic mass is 32.1. The normalized spacial score (nSPS) is 10.2. The fraction of sp³-hybridized carbons (Fsp3) is 0. The van der Waals surface area contributed by atoms with E-state index in [0.717, 1.165) is 11.5 Å². The molecule has 2 aromatic heterocycles. The van der Waals surface area contributed by atoms with E-state index in [-0.39, 0.29) is 5.76 Å². The molecular formula is C7H4N2O3S. The number of aromatic carboxylic acids is 1. The second-order valence-electron chi connectivity index (χ2n) is 2.26. The monoisotopic (exact) mass is 196 g/mol. The summed E-state index contributed by atoms with van der Waals surface area (Å²) >= 11 is 1.16. The zero-order valence-electron chi connectivity index (χ0n) is 6.30. The number of nitrogens with zero attached hydrogens (tertiary/aromatic N) is 2. The first kappa shape index (κ1) is 7.93. The minimum Gasteiger partial charge on any atom is -0.475 e. The van der Waals surface area contributed by atoms with Crippen molar-refractivity contribution in [2.75, 3.05) is 0 Å². The second-order valence-corrected chi connectivity index (χ2v) is 2.87. The molecule has 6 heteroatoms. The van der Waals surface area contributed by atoms with Crippen molar-refractivity contribution in [2.24, 2.45) is 0 Å². The van der Waals surface area contributed by atoms with Gasteiger partial charge in [-0.05, 0) is 17.6 Å². The lowest BCUT2D eigenvalue weighted by Crippen LogP contribution is -1.95. The molecule has 0 spiro atoms. The molecule has 0 radical (unpaired) electrons. The van der Waals surface area contributed by atoms with Crippen LogP contribution in [0.1, 0.15) is 10.6 Å². The number of furan rings is 1. The van der Waals surface area contributed by atoms with Gasteiger partial charge in [-0.25, -0.2) is 4.79 Å². The first-order chi connectivity index (χ1) is 6.29. The van der Waals surface area contributed by atoms with Crippen molar-refractivity contribution in [2.45, 2.75) is 0 Å². The third-order valence-electron chi connectivity index (χ3n) is 1.50. The fourth-order valence-corrected chi connectivity index (χ4v) is 1.41. The van der Waals surface area contributed by atoms with Crippen LogP contribution < -0.4 is 0 Å². The minimum atomic E-state index is -1.10. The number of hydrogen-bond donors (Lipinski definition) is 1. The van der Waals surface area contributed by atoms with Gasteiger partial charge < -0.3 is 9.52 Å². The van der Waals surface area contributed by atoms with E-state index in [4.69, 9.17) is 9.52 Å². The summed E-state index contributed by atoms with van der Waals surface area (Å²) in [6.07, 6.45) is 1.32. The molecule has 0 fully saturated rings. The predicted octanol–water partition coefficient (Wildman–Crippen LogP) is 1.50. The Balaban J connectivity index is 2.52. The Hall–Kier alpha value is -1.69. The molecule has 2 rings (SSSR count). The lowest BCUT2D eigenvalue weighted by atomic mass is 10.2. The summed E-state index contributed by atoms with van der Waals surface area (Å²) in [6, 6.07) is 1.56. The van der Waals surface area contributed by atoms with Gasteiger partial charge in [-0.15, -0.1) is 5.10 Å². The van der Waals surface area contributed by atoms with Crippen molar-refractivity contribution in [1.29, 1.82) is 0 Å². The quantitative estimate of drug-likeness (QED) is 0.787. The fourth-order valence-electron chi connectivity index (χ4n) is 0.959. The number of carboxylic acid groups (broad SMARTS) is 1. The minimum absolute atomic E-state index is 0.104. The van der Waals surface area contributed by atoms with Crippen LogP contribution in [0.4, 0.5) is 0 Å². The van der Waals surface area contributed by atoms with Gasteiger partial charge in [0.25, 0.3) is 0 Å². The molecule has 0 aliphatic rings. The van der Waals surface area contributed by atoms with E-state index in [2.05, 4.69) is 9.59 Å². The summed E-state index contributed by atoms with van der Waals surface area (Å²) < 4.78 is 8.42. The van der Waals surface area contributed by atoms with Crippen molar-refractivity contribution in [3.63, 3.8) is 0 Å². The summed E-state index contributed by atoms with van der Waals surface area (Å²) in [7, 11) is 0. The Labute approximate surface area is 76.8 Å². The summed E-state index contributed by atoms with van der Waals surface area (Å²) in [5.41, 5.74) is 0.984. The maximum atomic E-state index is 10.6. The molecule has 0 aliphatic carbocycles. The van der Waals surface area contributed by atoms with Crippen LogP contribution in [0.25, 0.3) is 11.3 Å². The van der Waals surface area contributed by atoms with Crippen molar-refractivity contribution in [3.05, 3.63) is 23.5 Å². The van der Waals surface area contributed by atoms with Gasteiger partial charge in [-0.1, -0.05) is 4.49 Å².